The fourth-order valence-electron chi connectivity index (χ4n) is 1.12. The molecule has 0 saturated heterocycles. The molecule has 0 aliphatic heterocycles. The molecule has 0 atom stereocenters. The number of nitrogens with zero attached hydrogens (tertiary/aromatic N) is 1. The molecular weight excluding hydrogens is 323 g/mol. The van der Waals surface area contributed by atoms with Crippen LogP contribution < -0.4 is 10.1 Å². The van der Waals surface area contributed by atoms with Gasteiger partial charge in [-0.15, -0.1) is 0 Å². The van der Waals surface area contributed by atoms with Crippen molar-refractivity contribution in [2.24, 2.45) is 0 Å². The van der Waals surface area contributed by atoms with Gasteiger partial charge in [-0.05, 0) is 36.7 Å². The van der Waals surface area contributed by atoms with E-state index >= 15 is 0 Å². The van der Waals surface area contributed by atoms with Gasteiger partial charge < -0.3 is 9.47 Å². The summed E-state index contributed by atoms with van der Waals surface area (Å²) in [5.41, 5.74) is -0.140. The van der Waals surface area contributed by atoms with Crippen molar-refractivity contribution in [1.29, 1.82) is 0 Å². The number of hydrogen-bond acceptors (Lipinski definition) is 4. The molecule has 0 unspecified atom stereocenters. The second-order valence-electron chi connectivity index (χ2n) is 4.44. The van der Waals surface area contributed by atoms with Gasteiger partial charge in [-0.2, -0.15) is 0 Å². The predicted molar refractivity (Wildman–Crippen MR) is 73.4 cm³/mol. The molecule has 0 aromatic carbocycles. The Morgan fingerprint density at radius 3 is 2.61 bits per heavy atom. The molecule has 1 aromatic rings. The SMILES string of the molecule is COc1nc(Cl)cc(NC(=O)OC(C)(C)C)c1Br. The fraction of sp³-hybridized carbons (Fsp3) is 0.455. The molecular formula is C11H14BrClN2O3. The average molecular weight is 338 g/mol. The van der Waals surface area contributed by atoms with E-state index in [9.17, 15) is 4.79 Å². The smallest absolute Gasteiger partial charge is 0.412 e. The molecule has 0 bridgehead atoms. The van der Waals surface area contributed by atoms with Crippen molar-refractivity contribution in [3.05, 3.63) is 15.7 Å². The van der Waals surface area contributed by atoms with Gasteiger partial charge in [-0.25, -0.2) is 9.78 Å². The molecule has 0 aliphatic carbocycles. The molecule has 0 radical (unpaired) electrons. The fourth-order valence-corrected chi connectivity index (χ4v) is 1.77. The zero-order chi connectivity index (χ0) is 13.9. The van der Waals surface area contributed by atoms with Crippen LogP contribution in [0, 0.1) is 0 Å². The molecule has 0 spiro atoms. The molecule has 100 valence electrons. The monoisotopic (exact) mass is 336 g/mol. The number of nitrogens with one attached hydrogen (secondary N) is 1. The van der Waals surface area contributed by atoms with Gasteiger partial charge >= 0.3 is 6.09 Å². The first-order valence-corrected chi connectivity index (χ1v) is 6.30. The second-order valence-corrected chi connectivity index (χ2v) is 5.62. The summed E-state index contributed by atoms with van der Waals surface area (Å²) < 4.78 is 10.6. The van der Waals surface area contributed by atoms with Crippen molar-refractivity contribution in [2.45, 2.75) is 26.4 Å². The first-order chi connectivity index (χ1) is 8.23. The molecule has 0 aliphatic rings. The number of anilines is 1. The molecule has 1 N–H and O–H groups in total. The highest BCUT2D eigenvalue weighted by Gasteiger charge is 2.18. The van der Waals surface area contributed by atoms with Crippen LogP contribution in [0.4, 0.5) is 10.5 Å². The van der Waals surface area contributed by atoms with E-state index in [-0.39, 0.29) is 11.0 Å². The number of pyridine rings is 1. The summed E-state index contributed by atoms with van der Waals surface area (Å²) in [4.78, 5) is 15.6. The minimum absolute atomic E-state index is 0.209. The Bertz CT molecular complexity index is 460. The molecule has 0 fully saturated rings. The molecule has 1 aromatic heterocycles. The van der Waals surface area contributed by atoms with Crippen LogP contribution in [0.3, 0.4) is 0 Å². The van der Waals surface area contributed by atoms with E-state index in [1.165, 1.54) is 13.2 Å². The normalized spacial score (nSPS) is 11.0. The Balaban J connectivity index is 2.91. The molecule has 7 heteroatoms. The number of carbonyl (C=O) groups excluding carboxylic acids is 1. The molecule has 1 heterocycles. The van der Waals surface area contributed by atoms with Crippen LogP contribution in [0.2, 0.25) is 5.15 Å². The van der Waals surface area contributed by atoms with Gasteiger partial charge in [0.15, 0.2) is 0 Å². The molecule has 0 saturated carbocycles. The van der Waals surface area contributed by atoms with Crippen LogP contribution >= 0.6 is 27.5 Å². The summed E-state index contributed by atoms with van der Waals surface area (Å²) in [7, 11) is 1.46. The van der Waals surface area contributed by atoms with Gasteiger partial charge in [0.25, 0.3) is 0 Å². The van der Waals surface area contributed by atoms with Crippen LogP contribution in [0.1, 0.15) is 20.8 Å². The highest BCUT2D eigenvalue weighted by atomic mass is 79.9. The van der Waals surface area contributed by atoms with Crippen molar-refractivity contribution in [3.8, 4) is 5.88 Å². The maximum absolute atomic E-state index is 11.6. The molecule has 1 amide bonds. The van der Waals surface area contributed by atoms with Crippen LogP contribution in [0.5, 0.6) is 5.88 Å². The van der Waals surface area contributed by atoms with E-state index in [0.29, 0.717) is 10.2 Å². The van der Waals surface area contributed by atoms with Crippen molar-refractivity contribution in [1.82, 2.24) is 4.98 Å². The van der Waals surface area contributed by atoms with E-state index in [1.54, 1.807) is 20.8 Å². The number of rotatable bonds is 2. The van der Waals surface area contributed by atoms with Crippen molar-refractivity contribution >= 4 is 39.3 Å². The van der Waals surface area contributed by atoms with E-state index in [1.807, 2.05) is 0 Å². The lowest BCUT2D eigenvalue weighted by molar-refractivity contribution is 0.0636. The molecule has 1 rings (SSSR count). The van der Waals surface area contributed by atoms with Crippen molar-refractivity contribution < 1.29 is 14.3 Å². The quantitative estimate of drug-likeness (QED) is 0.833. The topological polar surface area (TPSA) is 60.5 Å². The Morgan fingerprint density at radius 2 is 2.11 bits per heavy atom. The largest absolute Gasteiger partial charge is 0.480 e. The van der Waals surface area contributed by atoms with Crippen molar-refractivity contribution in [3.63, 3.8) is 0 Å². The zero-order valence-corrected chi connectivity index (χ0v) is 12.8. The molecule has 5 nitrogen and oxygen atoms in total. The van der Waals surface area contributed by atoms with Crippen LogP contribution in [-0.4, -0.2) is 23.8 Å². The van der Waals surface area contributed by atoms with Gasteiger partial charge in [0, 0.05) is 6.07 Å². The highest BCUT2D eigenvalue weighted by molar-refractivity contribution is 9.10. The van der Waals surface area contributed by atoms with Crippen LogP contribution in [0.25, 0.3) is 0 Å². The first-order valence-electron chi connectivity index (χ1n) is 5.13. The lowest BCUT2D eigenvalue weighted by Crippen LogP contribution is -2.27. The summed E-state index contributed by atoms with van der Waals surface area (Å²) in [6, 6.07) is 1.50. The van der Waals surface area contributed by atoms with Gasteiger partial charge in [0.05, 0.1) is 12.8 Å². The van der Waals surface area contributed by atoms with E-state index in [0.717, 1.165) is 0 Å². The Labute approximate surface area is 119 Å². The maximum atomic E-state index is 11.6. The zero-order valence-electron chi connectivity index (χ0n) is 10.5. The van der Waals surface area contributed by atoms with Gasteiger partial charge in [-0.1, -0.05) is 11.6 Å². The van der Waals surface area contributed by atoms with Crippen LogP contribution in [-0.2, 0) is 4.74 Å². The lowest BCUT2D eigenvalue weighted by Gasteiger charge is -2.20. The number of amides is 1. The summed E-state index contributed by atoms with van der Waals surface area (Å²) in [5.74, 6) is 0.286. The number of aromatic nitrogens is 1. The number of carbonyl (C=O) groups is 1. The Kier molecular flexibility index (Phi) is 4.81. The lowest BCUT2D eigenvalue weighted by atomic mass is 10.2. The standard InChI is InChI=1S/C11H14BrClN2O3/c1-11(2,3)18-10(16)14-6-5-7(13)15-9(17-4)8(6)12/h5H,1-4H3,(H,14,15,16). The minimum Gasteiger partial charge on any atom is -0.480 e. The van der Waals surface area contributed by atoms with E-state index in [4.69, 9.17) is 21.1 Å². The third kappa shape index (κ3) is 4.34. The average Bonchev–Trinajstić information content (AvgIpc) is 2.20. The van der Waals surface area contributed by atoms with Crippen LogP contribution in [0.15, 0.2) is 10.5 Å². The summed E-state index contributed by atoms with van der Waals surface area (Å²) >= 11 is 9.08. The highest BCUT2D eigenvalue weighted by Crippen LogP contribution is 2.33. The summed E-state index contributed by atoms with van der Waals surface area (Å²) in [5, 5.41) is 2.78. The number of methoxy groups -OCH3 is 1. The van der Waals surface area contributed by atoms with Gasteiger partial charge in [0.2, 0.25) is 5.88 Å². The van der Waals surface area contributed by atoms with E-state index < -0.39 is 11.7 Å². The second kappa shape index (κ2) is 5.75. The van der Waals surface area contributed by atoms with Crippen molar-refractivity contribution in [2.75, 3.05) is 12.4 Å². The molecule has 18 heavy (non-hydrogen) atoms. The predicted octanol–water partition coefficient (Wildman–Crippen LogP) is 3.85. The number of hydrogen-bond donors (Lipinski definition) is 1. The van der Waals surface area contributed by atoms with E-state index in [2.05, 4.69) is 26.2 Å². The number of ether oxygens (including phenoxy) is 2. The summed E-state index contributed by atoms with van der Waals surface area (Å²) in [6.45, 7) is 5.34. The Hall–Kier alpha value is -1.01. The first kappa shape index (κ1) is 15.0. The number of halogens is 2. The van der Waals surface area contributed by atoms with Gasteiger partial charge in [0.1, 0.15) is 15.2 Å². The minimum atomic E-state index is -0.576. The Morgan fingerprint density at radius 1 is 1.50 bits per heavy atom. The van der Waals surface area contributed by atoms with Gasteiger partial charge in [-0.3, -0.25) is 5.32 Å². The third-order valence-corrected chi connectivity index (χ3v) is 2.68. The summed E-state index contributed by atoms with van der Waals surface area (Å²) in [6.07, 6.45) is -0.576. The maximum Gasteiger partial charge on any atom is 0.412 e. The third-order valence-electron chi connectivity index (χ3n) is 1.72.